The minimum Gasteiger partial charge on any atom is -0.460 e. The molecule has 0 heterocycles. The van der Waals surface area contributed by atoms with E-state index < -0.39 is 46.2 Å². The Labute approximate surface area is 593 Å². The van der Waals surface area contributed by atoms with Gasteiger partial charge in [0, 0.05) is 51.9 Å². The normalized spacial score (nSPS) is 12.0. The molecule has 33 heteroatoms. The predicted octanol–water partition coefficient (Wildman–Crippen LogP) is 1.20. The summed E-state index contributed by atoms with van der Waals surface area (Å²) in [6.07, 6.45) is -0.0974. The molecule has 100 heavy (non-hydrogen) atoms. The van der Waals surface area contributed by atoms with E-state index >= 15 is 0 Å². The van der Waals surface area contributed by atoms with Crippen LogP contribution in [0.2, 0.25) is 0 Å². The minimum absolute atomic E-state index is 0.0213. The number of hydrogen-bond acceptors (Lipinski definition) is 29. The SMILES string of the molecule is CC(C)(C)OC(=O)CCOCCNC(=O)CCOCC(COCCC(=O)NCCOCCC(=O)OC(C)(C)C)(COCCC(=O)NCCOCCC(=O)OC(C)(C)C)NC(=O)CCOCCOCCOCCOCCOCCOCCOCCOCCOCCOCCOCCOCCN. The van der Waals surface area contributed by atoms with Gasteiger partial charge in [-0.25, -0.2) is 0 Å². The summed E-state index contributed by atoms with van der Waals surface area (Å²) < 4.78 is 116. The standard InChI is InChI=1S/C67H127N5O28/c1-64(2,3)98-61(77)14-25-80-29-18-69-57(73)10-22-95-54-67(55-96-23-11-58(74)70-19-30-81-26-15-62(78)99-65(4,5)6,56-97-24-12-59(75)71-20-31-82-27-16-63(79)100-66(7,8)9)72-60(76)13-21-83-32-34-85-36-38-87-40-42-89-44-46-91-48-50-93-52-53-94-51-49-92-47-45-90-43-41-88-39-37-86-35-33-84-28-17-68/h10-56,68H2,1-9H3,(H,69,73)(H,70,74)(H,71,75)(H,72,76). The highest BCUT2D eigenvalue weighted by molar-refractivity contribution is 5.78. The summed E-state index contributed by atoms with van der Waals surface area (Å²) in [7, 11) is 0. The second-order valence-corrected chi connectivity index (χ2v) is 25.0. The fourth-order valence-corrected chi connectivity index (χ4v) is 7.66. The zero-order valence-corrected chi connectivity index (χ0v) is 61.7. The number of hydrogen-bond donors (Lipinski definition) is 5. The van der Waals surface area contributed by atoms with Crippen LogP contribution in [0.4, 0.5) is 0 Å². The highest BCUT2D eigenvalue weighted by atomic mass is 16.6. The summed E-state index contributed by atoms with van der Waals surface area (Å²) in [6.45, 7) is 26.7. The van der Waals surface area contributed by atoms with Gasteiger partial charge >= 0.3 is 17.9 Å². The lowest BCUT2D eigenvalue weighted by molar-refractivity contribution is -0.157. The Kier molecular flexibility index (Phi) is 62.4. The van der Waals surface area contributed by atoms with Crippen molar-refractivity contribution in [2.45, 2.75) is 130 Å². The van der Waals surface area contributed by atoms with Crippen molar-refractivity contribution < 1.29 is 133 Å². The van der Waals surface area contributed by atoms with Crippen molar-refractivity contribution >= 4 is 41.5 Å². The summed E-state index contributed by atoms with van der Waals surface area (Å²) in [4.78, 5) is 88.0. The summed E-state index contributed by atoms with van der Waals surface area (Å²) in [5.41, 5.74) is 2.12. The molecule has 0 atom stereocenters. The third-order valence-corrected chi connectivity index (χ3v) is 12.1. The second-order valence-electron chi connectivity index (χ2n) is 25.0. The molecule has 0 aromatic carbocycles. The van der Waals surface area contributed by atoms with Gasteiger partial charge in [-0.05, 0) is 62.3 Å². The van der Waals surface area contributed by atoms with Crippen LogP contribution in [0.25, 0.3) is 0 Å². The molecule has 0 aromatic rings. The van der Waals surface area contributed by atoms with E-state index in [1.165, 1.54) is 0 Å². The number of nitrogens with two attached hydrogens (primary N) is 1. The van der Waals surface area contributed by atoms with E-state index in [9.17, 15) is 33.6 Å². The first-order valence-electron chi connectivity index (χ1n) is 34.8. The van der Waals surface area contributed by atoms with E-state index in [0.29, 0.717) is 145 Å². The van der Waals surface area contributed by atoms with Gasteiger partial charge in [-0.1, -0.05) is 0 Å². The predicted molar refractivity (Wildman–Crippen MR) is 364 cm³/mol. The van der Waals surface area contributed by atoms with Crippen LogP contribution in [-0.4, -0.2) is 328 Å². The van der Waals surface area contributed by atoms with Crippen molar-refractivity contribution in [2.75, 3.05) is 264 Å². The molecule has 0 saturated heterocycles. The smallest absolute Gasteiger partial charge is 0.308 e. The lowest BCUT2D eigenvalue weighted by atomic mass is 10.0. The molecule has 0 bridgehead atoms. The maximum absolute atomic E-state index is 13.7. The van der Waals surface area contributed by atoms with Crippen molar-refractivity contribution in [1.29, 1.82) is 0 Å². The molecule has 0 aromatic heterocycles. The van der Waals surface area contributed by atoms with E-state index in [-0.39, 0.29) is 181 Å². The first-order chi connectivity index (χ1) is 47.9. The zero-order valence-electron chi connectivity index (χ0n) is 61.7. The average molecular weight is 1450 g/mol. The number of amides is 4. The Balaban J connectivity index is 4.98. The van der Waals surface area contributed by atoms with Crippen molar-refractivity contribution in [2.24, 2.45) is 5.73 Å². The van der Waals surface area contributed by atoms with Crippen molar-refractivity contribution in [3.05, 3.63) is 0 Å². The molecule has 0 aliphatic carbocycles. The van der Waals surface area contributed by atoms with Crippen LogP contribution in [0.15, 0.2) is 0 Å². The highest BCUT2D eigenvalue weighted by Crippen LogP contribution is 2.13. The first kappa shape index (κ1) is 95.5. The van der Waals surface area contributed by atoms with Gasteiger partial charge in [0.25, 0.3) is 0 Å². The molecule has 0 radical (unpaired) electrons. The first-order valence-corrected chi connectivity index (χ1v) is 34.8. The molecule has 588 valence electrons. The molecule has 0 unspecified atom stereocenters. The van der Waals surface area contributed by atoms with Gasteiger partial charge in [-0.15, -0.1) is 0 Å². The summed E-state index contributed by atoms with van der Waals surface area (Å²) in [5.74, 6) is -2.67. The molecule has 0 rings (SSSR count). The molecule has 6 N–H and O–H groups in total. The molecule has 0 aliphatic rings. The van der Waals surface area contributed by atoms with E-state index in [4.69, 9.17) is 105 Å². The van der Waals surface area contributed by atoms with Crippen LogP contribution in [-0.2, 0) is 133 Å². The lowest BCUT2D eigenvalue weighted by Gasteiger charge is -2.34. The fraction of sp³-hybridized carbons (Fsp3) is 0.896. The van der Waals surface area contributed by atoms with Crippen molar-refractivity contribution in [3.63, 3.8) is 0 Å². The molecule has 33 nitrogen and oxygen atoms in total. The minimum atomic E-state index is -1.40. The van der Waals surface area contributed by atoms with Crippen LogP contribution >= 0.6 is 0 Å². The number of nitrogens with one attached hydrogen (secondary N) is 4. The van der Waals surface area contributed by atoms with Gasteiger partial charge in [0.05, 0.1) is 257 Å². The fourth-order valence-electron chi connectivity index (χ4n) is 7.66. The van der Waals surface area contributed by atoms with Crippen molar-refractivity contribution in [3.8, 4) is 0 Å². The highest BCUT2D eigenvalue weighted by Gasteiger charge is 2.34. The molecule has 0 spiro atoms. The van der Waals surface area contributed by atoms with Crippen LogP contribution in [0.1, 0.15) is 107 Å². The van der Waals surface area contributed by atoms with E-state index in [0.717, 1.165) is 0 Å². The van der Waals surface area contributed by atoms with Gasteiger partial charge in [-0.3, -0.25) is 33.6 Å². The van der Waals surface area contributed by atoms with Crippen molar-refractivity contribution in [1.82, 2.24) is 21.3 Å². The quantitative estimate of drug-likeness (QED) is 0.0324. The monoisotopic (exact) mass is 1450 g/mol. The molecule has 4 amide bonds. The molecule has 0 aliphatic heterocycles. The number of rotatable bonds is 72. The van der Waals surface area contributed by atoms with Crippen LogP contribution in [0.3, 0.4) is 0 Å². The number of carbonyl (C=O) groups is 7. The van der Waals surface area contributed by atoms with Gasteiger partial charge < -0.3 is 126 Å². The Morgan fingerprint density at radius 1 is 0.240 bits per heavy atom. The van der Waals surface area contributed by atoms with Crippen LogP contribution < -0.4 is 27.0 Å². The molecular formula is C67H127N5O28. The largest absolute Gasteiger partial charge is 0.460 e. The van der Waals surface area contributed by atoms with Gasteiger partial charge in [0.1, 0.15) is 22.3 Å². The Bertz CT molecular complexity index is 1870. The average Bonchev–Trinajstić information content (AvgIpc) is 0.871. The summed E-state index contributed by atoms with van der Waals surface area (Å²) in [5, 5.41) is 11.2. The Morgan fingerprint density at radius 2 is 0.430 bits per heavy atom. The van der Waals surface area contributed by atoms with Crippen LogP contribution in [0, 0.1) is 0 Å². The second kappa shape index (κ2) is 65.3. The van der Waals surface area contributed by atoms with Gasteiger partial charge in [-0.2, -0.15) is 0 Å². The molecule has 0 saturated carbocycles. The summed E-state index contributed by atoms with van der Waals surface area (Å²) >= 11 is 0. The molecular weight excluding hydrogens is 1320 g/mol. The van der Waals surface area contributed by atoms with Crippen LogP contribution in [0.5, 0.6) is 0 Å². The zero-order chi connectivity index (χ0) is 74.0. The van der Waals surface area contributed by atoms with E-state index in [1.54, 1.807) is 62.3 Å². The number of carbonyl (C=O) groups excluding carboxylic acids is 7. The Hall–Kier alpha value is -4.47. The maximum atomic E-state index is 13.7. The maximum Gasteiger partial charge on any atom is 0.308 e. The Morgan fingerprint density at radius 3 is 0.660 bits per heavy atom. The lowest BCUT2D eigenvalue weighted by Crippen LogP contribution is -2.59. The molecule has 0 fully saturated rings. The third-order valence-electron chi connectivity index (χ3n) is 12.1. The van der Waals surface area contributed by atoms with Gasteiger partial charge in [0.2, 0.25) is 23.6 Å². The third kappa shape index (κ3) is 71.9. The number of esters is 3. The summed E-state index contributed by atoms with van der Waals surface area (Å²) in [6, 6.07) is 0. The topological polar surface area (TPSA) is 387 Å². The van der Waals surface area contributed by atoms with E-state index in [2.05, 4.69) is 21.3 Å². The number of ether oxygens (including phenoxy) is 21. The van der Waals surface area contributed by atoms with E-state index in [1.807, 2.05) is 0 Å². The van der Waals surface area contributed by atoms with Gasteiger partial charge in [0.15, 0.2) is 0 Å².